The number of nitrogens with zero attached hydrogens (tertiary/aromatic N) is 1. The van der Waals surface area contributed by atoms with Crippen LogP contribution in [0.2, 0.25) is 0 Å². The third-order valence-corrected chi connectivity index (χ3v) is 5.44. The molecule has 1 aromatic carbocycles. The van der Waals surface area contributed by atoms with Crippen LogP contribution in [0.3, 0.4) is 0 Å². The molecule has 140 valence electrons. The largest absolute Gasteiger partial charge is 0.490 e. The van der Waals surface area contributed by atoms with Crippen molar-refractivity contribution in [1.82, 2.24) is 14.9 Å². The Hall–Kier alpha value is -1.87. The fraction of sp³-hybridized carbons (Fsp3) is 0.562. The summed E-state index contributed by atoms with van der Waals surface area (Å²) < 4.78 is 43.9. The number of piperidine rings is 1. The fourth-order valence-electron chi connectivity index (χ4n) is 2.66. The quantitative estimate of drug-likeness (QED) is 0.751. The third-order valence-electron chi connectivity index (χ3n) is 4.08. The minimum atomic E-state index is -3.34. The van der Waals surface area contributed by atoms with E-state index < -0.39 is 15.8 Å². The number of likely N-dealkylation sites (tertiary alicyclic amines) is 1. The van der Waals surface area contributed by atoms with Gasteiger partial charge in [0.1, 0.15) is 0 Å². The Balaban J connectivity index is 1.78. The molecular weight excluding hydrogens is 349 g/mol. The first-order valence-electron chi connectivity index (χ1n) is 8.22. The van der Waals surface area contributed by atoms with E-state index in [1.165, 1.54) is 13.1 Å². The van der Waals surface area contributed by atoms with Crippen molar-refractivity contribution in [3.05, 3.63) is 30.1 Å². The molecule has 0 saturated carbocycles. The second kappa shape index (κ2) is 9.00. The van der Waals surface area contributed by atoms with Gasteiger partial charge in [-0.2, -0.15) is 0 Å². The van der Waals surface area contributed by atoms with Crippen molar-refractivity contribution in [2.24, 2.45) is 5.92 Å². The van der Waals surface area contributed by atoms with Crippen molar-refractivity contribution in [2.45, 2.75) is 12.8 Å². The molecule has 1 aromatic rings. The van der Waals surface area contributed by atoms with Gasteiger partial charge in [-0.05, 0) is 32.0 Å². The molecule has 2 amide bonds. The number of carbonyl (C=O) groups is 1. The SMILES string of the molecule is CNS(=O)(=O)CCNC(=O)N1CCCC(COc2ccccc2F)C1. The number of halogens is 1. The normalized spacial score (nSPS) is 18.0. The van der Waals surface area contributed by atoms with Gasteiger partial charge >= 0.3 is 6.03 Å². The zero-order valence-electron chi connectivity index (χ0n) is 14.2. The molecule has 0 aliphatic carbocycles. The van der Waals surface area contributed by atoms with Gasteiger partial charge in [0.15, 0.2) is 11.6 Å². The molecular formula is C16H24FN3O4S. The fourth-order valence-corrected chi connectivity index (χ4v) is 3.24. The van der Waals surface area contributed by atoms with Crippen molar-refractivity contribution in [3.63, 3.8) is 0 Å². The number of hydrogen-bond acceptors (Lipinski definition) is 4. The summed E-state index contributed by atoms with van der Waals surface area (Å²) in [5, 5.41) is 2.61. The molecule has 2 N–H and O–H groups in total. The van der Waals surface area contributed by atoms with Gasteiger partial charge < -0.3 is 15.0 Å². The van der Waals surface area contributed by atoms with Gasteiger partial charge in [0.05, 0.1) is 12.4 Å². The predicted octanol–water partition coefficient (Wildman–Crippen LogP) is 1.18. The van der Waals surface area contributed by atoms with E-state index in [4.69, 9.17) is 4.74 Å². The molecule has 1 aliphatic rings. The molecule has 1 fully saturated rings. The summed E-state index contributed by atoms with van der Waals surface area (Å²) in [6.45, 7) is 1.49. The second-order valence-electron chi connectivity index (χ2n) is 5.95. The zero-order chi connectivity index (χ0) is 18.3. The van der Waals surface area contributed by atoms with E-state index in [0.717, 1.165) is 12.8 Å². The van der Waals surface area contributed by atoms with E-state index in [0.29, 0.717) is 19.7 Å². The Morgan fingerprint density at radius 3 is 2.88 bits per heavy atom. The highest BCUT2D eigenvalue weighted by Gasteiger charge is 2.24. The lowest BCUT2D eigenvalue weighted by Crippen LogP contribution is -2.47. The number of hydrogen-bond donors (Lipinski definition) is 2. The highest BCUT2D eigenvalue weighted by atomic mass is 32.2. The van der Waals surface area contributed by atoms with E-state index in [1.807, 2.05) is 0 Å². The maximum atomic E-state index is 13.6. The van der Waals surface area contributed by atoms with Crippen LogP contribution in [-0.2, 0) is 10.0 Å². The molecule has 1 aliphatic heterocycles. The molecule has 1 atom stereocenters. The van der Waals surface area contributed by atoms with E-state index in [2.05, 4.69) is 10.0 Å². The smallest absolute Gasteiger partial charge is 0.317 e. The molecule has 2 rings (SSSR count). The van der Waals surface area contributed by atoms with Gasteiger partial charge in [-0.3, -0.25) is 0 Å². The lowest BCUT2D eigenvalue weighted by Gasteiger charge is -2.32. The van der Waals surface area contributed by atoms with E-state index in [-0.39, 0.29) is 30.0 Å². The third kappa shape index (κ3) is 6.17. The molecule has 25 heavy (non-hydrogen) atoms. The highest BCUT2D eigenvalue weighted by molar-refractivity contribution is 7.89. The van der Waals surface area contributed by atoms with Crippen molar-refractivity contribution in [1.29, 1.82) is 0 Å². The number of benzene rings is 1. The highest BCUT2D eigenvalue weighted by Crippen LogP contribution is 2.20. The van der Waals surface area contributed by atoms with Crippen molar-refractivity contribution < 1.29 is 22.3 Å². The first-order chi connectivity index (χ1) is 11.9. The molecule has 0 bridgehead atoms. The maximum Gasteiger partial charge on any atom is 0.317 e. The lowest BCUT2D eigenvalue weighted by molar-refractivity contribution is 0.136. The topological polar surface area (TPSA) is 87.7 Å². The summed E-state index contributed by atoms with van der Waals surface area (Å²) in [5.74, 6) is -0.247. The average Bonchev–Trinajstić information content (AvgIpc) is 2.61. The van der Waals surface area contributed by atoms with E-state index in [9.17, 15) is 17.6 Å². The summed E-state index contributed by atoms with van der Waals surface area (Å²) in [5.41, 5.74) is 0. The maximum absolute atomic E-state index is 13.6. The first kappa shape index (κ1) is 19.5. The number of nitrogens with one attached hydrogen (secondary N) is 2. The minimum absolute atomic E-state index is 0.0505. The molecule has 1 heterocycles. The molecule has 0 radical (unpaired) electrons. The van der Waals surface area contributed by atoms with Crippen LogP contribution in [-0.4, -0.2) is 58.4 Å². The minimum Gasteiger partial charge on any atom is -0.490 e. The Bertz CT molecular complexity index is 684. The van der Waals surface area contributed by atoms with Crippen LogP contribution in [0.5, 0.6) is 5.75 Å². The average molecular weight is 373 g/mol. The zero-order valence-corrected chi connectivity index (χ0v) is 15.0. The van der Waals surface area contributed by atoms with Crippen LogP contribution in [0.15, 0.2) is 24.3 Å². The number of para-hydroxylation sites is 1. The number of carbonyl (C=O) groups excluding carboxylic acids is 1. The van der Waals surface area contributed by atoms with Gasteiger partial charge in [0.25, 0.3) is 0 Å². The molecule has 0 aromatic heterocycles. The number of amides is 2. The monoisotopic (exact) mass is 373 g/mol. The summed E-state index contributed by atoms with van der Waals surface area (Å²) >= 11 is 0. The Morgan fingerprint density at radius 2 is 2.16 bits per heavy atom. The molecule has 1 unspecified atom stereocenters. The van der Waals surface area contributed by atoms with Crippen molar-refractivity contribution >= 4 is 16.1 Å². The van der Waals surface area contributed by atoms with Gasteiger partial charge in [0.2, 0.25) is 10.0 Å². The number of sulfonamides is 1. The number of urea groups is 1. The van der Waals surface area contributed by atoms with Gasteiger partial charge in [-0.15, -0.1) is 0 Å². The first-order valence-corrected chi connectivity index (χ1v) is 9.88. The van der Waals surface area contributed by atoms with E-state index >= 15 is 0 Å². The molecule has 9 heteroatoms. The van der Waals surface area contributed by atoms with E-state index in [1.54, 1.807) is 23.1 Å². The Labute approximate surface area is 147 Å². The molecule has 7 nitrogen and oxygen atoms in total. The van der Waals surface area contributed by atoms with Crippen LogP contribution in [0.25, 0.3) is 0 Å². The lowest BCUT2D eigenvalue weighted by atomic mass is 9.99. The molecule has 1 saturated heterocycles. The predicted molar refractivity (Wildman–Crippen MR) is 92.4 cm³/mol. The number of rotatable bonds is 7. The van der Waals surface area contributed by atoms with Crippen LogP contribution < -0.4 is 14.8 Å². The summed E-state index contributed by atoms with van der Waals surface area (Å²) in [6.07, 6.45) is 1.72. The van der Waals surface area contributed by atoms with Gasteiger partial charge in [0, 0.05) is 25.6 Å². The van der Waals surface area contributed by atoms with Crippen LogP contribution in [0.1, 0.15) is 12.8 Å². The van der Waals surface area contributed by atoms with Crippen LogP contribution in [0.4, 0.5) is 9.18 Å². The van der Waals surface area contributed by atoms with Crippen molar-refractivity contribution in [2.75, 3.05) is 39.0 Å². The number of ether oxygens (including phenoxy) is 1. The Kier molecular flexibility index (Phi) is 7.01. The standard InChI is InChI=1S/C16H24FN3O4S/c1-18-25(22,23)10-8-19-16(21)20-9-4-5-13(11-20)12-24-15-7-3-2-6-14(15)17/h2-3,6-7,13,18H,4-5,8-12H2,1H3,(H,19,21). The van der Waals surface area contributed by atoms with Gasteiger partial charge in [-0.1, -0.05) is 12.1 Å². The Morgan fingerprint density at radius 1 is 1.40 bits per heavy atom. The summed E-state index contributed by atoms with van der Waals surface area (Å²) in [6, 6.07) is 5.93. The van der Waals surface area contributed by atoms with Crippen LogP contribution >= 0.6 is 0 Å². The van der Waals surface area contributed by atoms with Crippen LogP contribution in [0, 0.1) is 11.7 Å². The summed E-state index contributed by atoms with van der Waals surface area (Å²) in [7, 11) is -2.00. The summed E-state index contributed by atoms with van der Waals surface area (Å²) in [4.78, 5) is 13.8. The van der Waals surface area contributed by atoms with Crippen molar-refractivity contribution in [3.8, 4) is 5.75 Å². The van der Waals surface area contributed by atoms with Gasteiger partial charge in [-0.25, -0.2) is 22.3 Å². The second-order valence-corrected chi connectivity index (χ2v) is 8.00. The molecule has 0 spiro atoms.